The predicted octanol–water partition coefficient (Wildman–Crippen LogP) is 1.04. The first-order valence-corrected chi connectivity index (χ1v) is 5.12. The van der Waals surface area contributed by atoms with E-state index in [2.05, 4.69) is 20.8 Å². The van der Waals surface area contributed by atoms with E-state index < -0.39 is 5.97 Å². The van der Waals surface area contributed by atoms with Gasteiger partial charge in [0, 0.05) is 5.92 Å². The highest BCUT2D eigenvalue weighted by Crippen LogP contribution is 2.04. The minimum atomic E-state index is -0.564. The first-order chi connectivity index (χ1) is 6.64. The molecule has 80 valence electrons. The second kappa shape index (κ2) is 6.44. The molecule has 0 atom stereocenters. The van der Waals surface area contributed by atoms with Gasteiger partial charge in [-0.3, -0.25) is 0 Å². The Morgan fingerprint density at radius 3 is 2.14 bits per heavy atom. The van der Waals surface area contributed by atoms with E-state index in [1.165, 1.54) is 0 Å². The Hall–Kier alpha value is -1.01. The largest absolute Gasteiger partial charge is 0.450 e. The normalized spacial score (nSPS) is 10.7. The van der Waals surface area contributed by atoms with Gasteiger partial charge in [-0.05, 0) is 20.8 Å². The second-order valence-electron chi connectivity index (χ2n) is 3.29. The molecule has 0 saturated heterocycles. The molecular formula is C11H20NO2+. The van der Waals surface area contributed by atoms with Gasteiger partial charge in [0.25, 0.3) is 0 Å². The maximum absolute atomic E-state index is 10.7. The molecule has 0 aliphatic heterocycles. The van der Waals surface area contributed by atoms with Gasteiger partial charge in [0.2, 0.25) is 0 Å². The lowest BCUT2D eigenvalue weighted by Crippen LogP contribution is -2.49. The van der Waals surface area contributed by atoms with Gasteiger partial charge in [-0.1, -0.05) is 0 Å². The first kappa shape index (κ1) is 13.0. The summed E-state index contributed by atoms with van der Waals surface area (Å²) in [5.74, 6) is 1.37. The van der Waals surface area contributed by atoms with Crippen molar-refractivity contribution < 1.29 is 14.0 Å². The van der Waals surface area contributed by atoms with Crippen LogP contribution in [0, 0.1) is 12.3 Å². The molecule has 0 fully saturated rings. The van der Waals surface area contributed by atoms with Crippen molar-refractivity contribution in [1.29, 1.82) is 0 Å². The van der Waals surface area contributed by atoms with Crippen LogP contribution in [0.3, 0.4) is 0 Å². The topological polar surface area (TPSA) is 26.3 Å². The summed E-state index contributed by atoms with van der Waals surface area (Å²) in [6, 6.07) is 0. The first-order valence-electron chi connectivity index (χ1n) is 5.12. The zero-order chi connectivity index (χ0) is 11.0. The average molecular weight is 198 g/mol. The molecule has 0 aromatic heterocycles. The van der Waals surface area contributed by atoms with Gasteiger partial charge in [-0.25, -0.2) is 4.79 Å². The number of carbonyl (C=O) groups excluding carboxylic acids is 1. The molecule has 0 saturated carbocycles. The fourth-order valence-corrected chi connectivity index (χ4v) is 1.52. The van der Waals surface area contributed by atoms with E-state index >= 15 is 0 Å². The zero-order valence-electron chi connectivity index (χ0n) is 9.38. The fraction of sp³-hybridized carbons (Fsp3) is 0.727. The summed E-state index contributed by atoms with van der Waals surface area (Å²) in [5.41, 5.74) is 0. The maximum atomic E-state index is 10.7. The lowest BCUT2D eigenvalue weighted by molar-refractivity contribution is -0.923. The number of carbonyl (C=O) groups is 1. The van der Waals surface area contributed by atoms with Crippen LogP contribution in [0.5, 0.6) is 0 Å². The highest BCUT2D eigenvalue weighted by Gasteiger charge is 2.20. The van der Waals surface area contributed by atoms with Crippen LogP contribution in [-0.4, -0.2) is 43.2 Å². The summed E-state index contributed by atoms with van der Waals surface area (Å²) in [7, 11) is 0. The molecule has 0 amide bonds. The summed E-state index contributed by atoms with van der Waals surface area (Å²) < 4.78 is 5.83. The second-order valence-corrected chi connectivity index (χ2v) is 3.29. The summed E-state index contributed by atoms with van der Waals surface area (Å²) in [4.78, 5) is 10.7. The average Bonchev–Trinajstić information content (AvgIpc) is 2.25. The molecule has 0 rings (SSSR count). The van der Waals surface area contributed by atoms with Gasteiger partial charge in [-0.2, -0.15) is 0 Å². The van der Waals surface area contributed by atoms with Crippen molar-refractivity contribution in [1.82, 2.24) is 0 Å². The van der Waals surface area contributed by atoms with Crippen LogP contribution in [0.1, 0.15) is 20.8 Å². The molecule has 0 aromatic rings. The van der Waals surface area contributed by atoms with Gasteiger partial charge in [0.05, 0.1) is 19.6 Å². The van der Waals surface area contributed by atoms with Crippen LogP contribution in [0.2, 0.25) is 0 Å². The van der Waals surface area contributed by atoms with Crippen LogP contribution in [0.25, 0.3) is 0 Å². The molecule has 0 spiro atoms. The minimum Gasteiger partial charge on any atom is -0.450 e. The van der Waals surface area contributed by atoms with Crippen LogP contribution in [0.15, 0.2) is 0 Å². The predicted molar refractivity (Wildman–Crippen MR) is 56.5 cm³/mol. The smallest absolute Gasteiger partial charge is 0.384 e. The number of terminal acetylenes is 1. The third-order valence-corrected chi connectivity index (χ3v) is 2.93. The number of hydrogen-bond acceptors (Lipinski definition) is 2. The lowest BCUT2D eigenvalue weighted by Gasteiger charge is -2.35. The zero-order valence-corrected chi connectivity index (χ0v) is 9.38. The summed E-state index contributed by atoms with van der Waals surface area (Å²) >= 11 is 0. The van der Waals surface area contributed by atoms with Gasteiger partial charge < -0.3 is 9.22 Å². The Morgan fingerprint density at radius 1 is 1.29 bits per heavy atom. The van der Waals surface area contributed by atoms with E-state index in [0.29, 0.717) is 6.61 Å². The molecule has 3 heteroatoms. The van der Waals surface area contributed by atoms with E-state index in [1.54, 1.807) is 0 Å². The van der Waals surface area contributed by atoms with Crippen LogP contribution < -0.4 is 0 Å². The van der Waals surface area contributed by atoms with Crippen molar-refractivity contribution in [3.8, 4) is 12.3 Å². The molecule has 0 heterocycles. The van der Waals surface area contributed by atoms with Crippen LogP contribution >= 0.6 is 0 Å². The van der Waals surface area contributed by atoms with Crippen LogP contribution in [-0.2, 0) is 9.53 Å². The molecule has 3 nitrogen and oxygen atoms in total. The van der Waals surface area contributed by atoms with Crippen molar-refractivity contribution in [2.75, 3.05) is 32.8 Å². The molecule has 14 heavy (non-hydrogen) atoms. The molecular weight excluding hydrogens is 178 g/mol. The van der Waals surface area contributed by atoms with E-state index in [-0.39, 0.29) is 0 Å². The van der Waals surface area contributed by atoms with E-state index in [0.717, 1.165) is 30.7 Å². The number of ether oxygens (including phenoxy) is 1. The number of likely N-dealkylation sites (N-methyl/N-ethyl adjacent to an activating group) is 1. The van der Waals surface area contributed by atoms with Gasteiger partial charge in [0.15, 0.2) is 0 Å². The number of nitrogens with zero attached hydrogens (tertiary/aromatic N) is 1. The third-order valence-electron chi connectivity index (χ3n) is 2.93. The SMILES string of the molecule is C#CC(=O)OCC[N+](CC)(CC)CC. The van der Waals surface area contributed by atoms with Gasteiger partial charge in [-0.15, -0.1) is 6.42 Å². The molecule has 0 aliphatic carbocycles. The monoisotopic (exact) mass is 198 g/mol. The summed E-state index contributed by atoms with van der Waals surface area (Å²) in [5, 5.41) is 0. The molecule has 0 aromatic carbocycles. The van der Waals surface area contributed by atoms with Crippen molar-refractivity contribution in [2.45, 2.75) is 20.8 Å². The lowest BCUT2D eigenvalue weighted by atomic mass is 10.3. The molecule has 0 N–H and O–H groups in total. The Bertz CT molecular complexity index is 206. The fourth-order valence-electron chi connectivity index (χ4n) is 1.52. The van der Waals surface area contributed by atoms with Crippen molar-refractivity contribution >= 4 is 5.97 Å². The van der Waals surface area contributed by atoms with Crippen molar-refractivity contribution in [3.63, 3.8) is 0 Å². The Labute approximate surface area is 86.6 Å². The Morgan fingerprint density at radius 2 is 1.79 bits per heavy atom. The maximum Gasteiger partial charge on any atom is 0.384 e. The number of quaternary nitrogens is 1. The van der Waals surface area contributed by atoms with Crippen molar-refractivity contribution in [3.05, 3.63) is 0 Å². The van der Waals surface area contributed by atoms with Gasteiger partial charge >= 0.3 is 5.97 Å². The summed E-state index contributed by atoms with van der Waals surface area (Å²) in [6.45, 7) is 10.9. The standard InChI is InChI=1S/C11H20NO2/c1-5-11(13)14-10-9-12(6-2,7-3)8-4/h1H,6-10H2,2-4H3/q+1. The quantitative estimate of drug-likeness (QED) is 0.276. The van der Waals surface area contributed by atoms with E-state index in [4.69, 9.17) is 11.2 Å². The van der Waals surface area contributed by atoms with E-state index in [9.17, 15) is 4.79 Å². The molecule has 0 bridgehead atoms. The highest BCUT2D eigenvalue weighted by atomic mass is 16.5. The number of rotatable bonds is 6. The van der Waals surface area contributed by atoms with Gasteiger partial charge in [0.1, 0.15) is 13.2 Å². The summed E-state index contributed by atoms with van der Waals surface area (Å²) in [6.07, 6.45) is 4.89. The third kappa shape index (κ3) is 3.80. The molecule has 0 unspecified atom stereocenters. The Kier molecular flexibility index (Phi) is 5.98. The Balaban J connectivity index is 3.96. The van der Waals surface area contributed by atoms with Crippen molar-refractivity contribution in [2.24, 2.45) is 0 Å². The molecule has 0 aliphatic rings. The number of esters is 1. The highest BCUT2D eigenvalue weighted by molar-refractivity contribution is 5.87. The number of hydrogen-bond donors (Lipinski definition) is 0. The van der Waals surface area contributed by atoms with Crippen LogP contribution in [0.4, 0.5) is 0 Å². The van der Waals surface area contributed by atoms with E-state index in [1.807, 2.05) is 5.92 Å². The minimum absolute atomic E-state index is 0.415. The molecule has 0 radical (unpaired) electrons.